The number of allylic oxidation sites excluding steroid dienone is 9. The van der Waals surface area contributed by atoms with Crippen LogP contribution in [-0.2, 0) is 4.79 Å². The van der Waals surface area contributed by atoms with Crippen LogP contribution in [0.15, 0.2) is 60.8 Å². The van der Waals surface area contributed by atoms with Crippen LogP contribution in [-0.4, -0.2) is 34.9 Å². The van der Waals surface area contributed by atoms with Crippen LogP contribution in [0.4, 0.5) is 0 Å². The highest BCUT2D eigenvalue weighted by Crippen LogP contribution is 2.19. The van der Waals surface area contributed by atoms with Crippen LogP contribution in [0.3, 0.4) is 0 Å². The Morgan fingerprint density at radius 3 is 0.810 bits per heavy atom. The first kappa shape index (κ1) is 77.1. The summed E-state index contributed by atoms with van der Waals surface area (Å²) in [5, 5.41) is 23.3. The van der Waals surface area contributed by atoms with Crippen LogP contribution >= 0.6 is 0 Å². The highest BCUT2D eigenvalue weighted by atomic mass is 16.3. The van der Waals surface area contributed by atoms with Crippen molar-refractivity contribution < 1.29 is 15.0 Å². The minimum absolute atomic E-state index is 0.0708. The second-order valence-electron chi connectivity index (χ2n) is 24.6. The van der Waals surface area contributed by atoms with Gasteiger partial charge in [-0.1, -0.05) is 370 Å². The van der Waals surface area contributed by atoms with E-state index >= 15 is 0 Å². The molecule has 1 amide bonds. The number of nitrogens with one attached hydrogen (secondary N) is 1. The summed E-state index contributed by atoms with van der Waals surface area (Å²) in [6.45, 7) is 4.32. The lowest BCUT2D eigenvalue weighted by molar-refractivity contribution is -0.123. The SMILES string of the molecule is CCCCCCC/C=C\C/C=C\CCCCCCCCCCCCCCCCCCCCCCCCCCCCCCCC(=O)NC(CO)C(O)/C=C/CC/C=C/CC/C=C/CCCCCCCCCCCCCCCCCC. The number of hydrogen-bond donors (Lipinski definition) is 3. The molecule has 0 bridgehead atoms. The Bertz CT molecular complexity index is 1300. The lowest BCUT2D eigenvalue weighted by Gasteiger charge is -2.19. The van der Waals surface area contributed by atoms with E-state index in [9.17, 15) is 15.0 Å². The molecule has 79 heavy (non-hydrogen) atoms. The predicted molar refractivity (Wildman–Crippen MR) is 354 cm³/mol. The van der Waals surface area contributed by atoms with Crippen molar-refractivity contribution >= 4 is 5.91 Å². The molecule has 0 aliphatic rings. The van der Waals surface area contributed by atoms with E-state index in [4.69, 9.17) is 0 Å². The van der Waals surface area contributed by atoms with Crippen molar-refractivity contribution in [1.82, 2.24) is 5.32 Å². The fourth-order valence-corrected chi connectivity index (χ4v) is 11.2. The smallest absolute Gasteiger partial charge is 0.220 e. The minimum Gasteiger partial charge on any atom is -0.394 e. The van der Waals surface area contributed by atoms with Crippen molar-refractivity contribution in [3.8, 4) is 0 Å². The van der Waals surface area contributed by atoms with E-state index in [1.807, 2.05) is 6.08 Å². The molecule has 0 fully saturated rings. The Balaban J connectivity index is 3.43. The molecule has 0 heterocycles. The molecule has 2 unspecified atom stereocenters. The summed E-state index contributed by atoms with van der Waals surface area (Å²) < 4.78 is 0. The van der Waals surface area contributed by atoms with E-state index in [-0.39, 0.29) is 12.5 Å². The molecule has 3 N–H and O–H groups in total. The molecular weight excluding hydrogens is 963 g/mol. The lowest BCUT2D eigenvalue weighted by atomic mass is 10.0. The number of amides is 1. The predicted octanol–water partition coefficient (Wildman–Crippen LogP) is 24.7. The summed E-state index contributed by atoms with van der Waals surface area (Å²) in [7, 11) is 0. The maximum atomic E-state index is 12.5. The number of rotatable bonds is 67. The van der Waals surface area contributed by atoms with Gasteiger partial charge >= 0.3 is 0 Å². The first-order valence-corrected chi connectivity index (χ1v) is 36.0. The van der Waals surface area contributed by atoms with Crippen molar-refractivity contribution in [3.05, 3.63) is 60.8 Å². The van der Waals surface area contributed by atoms with Crippen molar-refractivity contribution in [3.63, 3.8) is 0 Å². The highest BCUT2D eigenvalue weighted by Gasteiger charge is 2.18. The molecule has 0 aromatic rings. The zero-order valence-corrected chi connectivity index (χ0v) is 53.7. The summed E-state index contributed by atoms with van der Waals surface area (Å²) >= 11 is 0. The molecule has 4 heteroatoms. The topological polar surface area (TPSA) is 69.6 Å². The van der Waals surface area contributed by atoms with E-state index < -0.39 is 12.1 Å². The Morgan fingerprint density at radius 2 is 0.532 bits per heavy atom. The Morgan fingerprint density at radius 1 is 0.304 bits per heavy atom. The second-order valence-corrected chi connectivity index (χ2v) is 24.6. The van der Waals surface area contributed by atoms with Gasteiger partial charge in [0.1, 0.15) is 0 Å². The van der Waals surface area contributed by atoms with Gasteiger partial charge in [0.05, 0.1) is 18.8 Å². The van der Waals surface area contributed by atoms with E-state index in [2.05, 4.69) is 67.8 Å². The van der Waals surface area contributed by atoms with Gasteiger partial charge in [-0.25, -0.2) is 0 Å². The average molecular weight is 1100 g/mol. The maximum absolute atomic E-state index is 12.5. The summed E-state index contributed by atoms with van der Waals surface area (Å²) in [5.74, 6) is -0.0708. The number of carbonyl (C=O) groups is 1. The summed E-state index contributed by atoms with van der Waals surface area (Å²) in [5.41, 5.74) is 0. The molecule has 0 saturated carbocycles. The molecule has 0 aliphatic carbocycles. The largest absolute Gasteiger partial charge is 0.394 e. The molecule has 4 nitrogen and oxygen atoms in total. The van der Waals surface area contributed by atoms with Gasteiger partial charge in [-0.15, -0.1) is 0 Å². The Kier molecular flexibility index (Phi) is 68.7. The Hall–Kier alpha value is -1.91. The number of carbonyl (C=O) groups excluding carboxylic acids is 1. The van der Waals surface area contributed by atoms with Gasteiger partial charge in [-0.2, -0.15) is 0 Å². The first-order valence-electron chi connectivity index (χ1n) is 36.0. The normalized spacial score (nSPS) is 13.0. The quantitative estimate of drug-likeness (QED) is 0.0420. The summed E-state index contributed by atoms with van der Waals surface area (Å²) in [6.07, 6.45) is 100. The maximum Gasteiger partial charge on any atom is 0.220 e. The van der Waals surface area contributed by atoms with Crippen LogP contribution in [0.5, 0.6) is 0 Å². The highest BCUT2D eigenvalue weighted by molar-refractivity contribution is 5.76. The van der Waals surface area contributed by atoms with E-state index in [0.29, 0.717) is 6.42 Å². The van der Waals surface area contributed by atoms with Gasteiger partial charge in [0.25, 0.3) is 0 Å². The van der Waals surface area contributed by atoms with Gasteiger partial charge in [-0.05, 0) is 77.0 Å². The van der Waals surface area contributed by atoms with Crippen LogP contribution in [0.25, 0.3) is 0 Å². The molecule has 2 atom stereocenters. The molecule has 0 spiro atoms. The van der Waals surface area contributed by atoms with Crippen molar-refractivity contribution in [1.29, 1.82) is 0 Å². The Labute approximate surface area is 496 Å². The van der Waals surface area contributed by atoms with Gasteiger partial charge in [-0.3, -0.25) is 4.79 Å². The fourth-order valence-electron chi connectivity index (χ4n) is 11.2. The third-order valence-corrected chi connectivity index (χ3v) is 16.7. The van der Waals surface area contributed by atoms with Crippen LogP contribution in [0.1, 0.15) is 393 Å². The standard InChI is InChI=1S/C75H141NO3/c1-3-5-7-9-11-13-15-17-19-21-23-25-27-29-31-32-33-34-35-36-37-38-39-40-41-42-43-44-45-47-49-51-53-55-57-59-61-63-65-67-69-71-75(79)76-73(72-77)74(78)70-68-66-64-62-60-58-56-54-52-50-48-46-30-28-26-24-22-20-18-16-14-12-10-8-6-4-2/h15,17,21,23,52,54,60,62,68,70,73-74,77-78H,3-14,16,18-20,22,24-51,53,55-59,61,63-67,69,71-72H2,1-2H3,(H,76,79)/b17-15-,23-21-,54-52+,62-60+,70-68+. The van der Waals surface area contributed by atoms with Crippen LogP contribution in [0, 0.1) is 0 Å². The number of aliphatic hydroxyl groups is 2. The van der Waals surface area contributed by atoms with Crippen molar-refractivity contribution in [2.75, 3.05) is 6.61 Å². The van der Waals surface area contributed by atoms with Gasteiger partial charge < -0.3 is 15.5 Å². The molecule has 0 saturated heterocycles. The van der Waals surface area contributed by atoms with Gasteiger partial charge in [0.2, 0.25) is 5.91 Å². The van der Waals surface area contributed by atoms with Crippen LogP contribution in [0.2, 0.25) is 0 Å². The number of hydrogen-bond acceptors (Lipinski definition) is 3. The van der Waals surface area contributed by atoms with Gasteiger partial charge in [0.15, 0.2) is 0 Å². The van der Waals surface area contributed by atoms with E-state index in [1.165, 1.54) is 327 Å². The third-order valence-electron chi connectivity index (χ3n) is 16.7. The zero-order chi connectivity index (χ0) is 56.9. The first-order chi connectivity index (χ1) is 39.2. The van der Waals surface area contributed by atoms with E-state index in [1.54, 1.807) is 6.08 Å². The molecule has 0 aliphatic heterocycles. The molecule has 0 aromatic heterocycles. The number of unbranched alkanes of at least 4 members (excludes halogenated alkanes) is 52. The fraction of sp³-hybridized carbons (Fsp3) is 0.853. The summed E-state index contributed by atoms with van der Waals surface area (Å²) in [4.78, 5) is 12.5. The monoisotopic (exact) mass is 1100 g/mol. The van der Waals surface area contributed by atoms with Crippen molar-refractivity contribution in [2.24, 2.45) is 0 Å². The minimum atomic E-state index is -0.872. The van der Waals surface area contributed by atoms with Crippen LogP contribution < -0.4 is 5.32 Å². The molecule has 0 aromatic carbocycles. The third kappa shape index (κ3) is 66.8. The average Bonchev–Trinajstić information content (AvgIpc) is 3.45. The van der Waals surface area contributed by atoms with E-state index in [0.717, 1.165) is 44.9 Å². The van der Waals surface area contributed by atoms with Gasteiger partial charge in [0, 0.05) is 6.42 Å². The zero-order valence-electron chi connectivity index (χ0n) is 53.7. The molecular formula is C75H141NO3. The molecule has 0 rings (SSSR count). The summed E-state index contributed by atoms with van der Waals surface area (Å²) in [6, 6.07) is -0.647. The van der Waals surface area contributed by atoms with Crippen molar-refractivity contribution in [2.45, 2.75) is 405 Å². The molecule has 464 valence electrons. The molecule has 0 radical (unpaired) electrons. The lowest BCUT2D eigenvalue weighted by Crippen LogP contribution is -2.45. The second kappa shape index (κ2) is 70.4. The number of aliphatic hydroxyl groups excluding tert-OH is 2.